The maximum absolute atomic E-state index is 12.1. The largest absolute Gasteiger partial charge is 0.573 e. The smallest absolute Gasteiger partial charge is 0.449 e. The van der Waals surface area contributed by atoms with Crippen molar-refractivity contribution < 1.29 is 32.2 Å². The van der Waals surface area contributed by atoms with E-state index >= 15 is 0 Å². The summed E-state index contributed by atoms with van der Waals surface area (Å²) in [6, 6.07) is 7.60. The second-order valence-electron chi connectivity index (χ2n) is 4.85. The van der Waals surface area contributed by atoms with Crippen molar-refractivity contribution in [1.29, 1.82) is 0 Å². The number of hydrogen-bond acceptors (Lipinski definition) is 5. The number of carbonyl (C=O) groups is 2. The summed E-state index contributed by atoms with van der Waals surface area (Å²) in [5, 5.41) is 2.42. The lowest BCUT2D eigenvalue weighted by atomic mass is 10.2. The number of nitrogens with zero attached hydrogens (tertiary/aromatic N) is 1. The van der Waals surface area contributed by atoms with Gasteiger partial charge in [-0.2, -0.15) is 0 Å². The maximum atomic E-state index is 12.1. The highest BCUT2D eigenvalue weighted by molar-refractivity contribution is 5.97. The van der Waals surface area contributed by atoms with Crippen LogP contribution in [0.4, 0.5) is 18.9 Å². The van der Waals surface area contributed by atoms with Gasteiger partial charge < -0.3 is 14.8 Å². The van der Waals surface area contributed by atoms with Crippen molar-refractivity contribution in [3.8, 4) is 5.75 Å². The lowest BCUT2D eigenvalue weighted by Gasteiger charge is -2.14. The molecule has 1 heterocycles. The summed E-state index contributed by atoms with van der Waals surface area (Å²) in [6.07, 6.45) is -3.12. The molecule has 1 atom stereocenters. The molecule has 0 radical (unpaired) electrons. The van der Waals surface area contributed by atoms with Crippen molar-refractivity contribution in [3.63, 3.8) is 0 Å². The Morgan fingerprint density at radius 1 is 1.16 bits per heavy atom. The zero-order valence-corrected chi connectivity index (χ0v) is 12.9. The summed E-state index contributed by atoms with van der Waals surface area (Å²) in [5.41, 5.74) is 0.416. The van der Waals surface area contributed by atoms with E-state index in [2.05, 4.69) is 15.0 Å². The van der Waals surface area contributed by atoms with Crippen molar-refractivity contribution in [2.24, 2.45) is 0 Å². The van der Waals surface area contributed by atoms with E-state index in [1.165, 1.54) is 37.5 Å². The maximum Gasteiger partial charge on any atom is 0.573 e. The topological polar surface area (TPSA) is 77.5 Å². The SMILES string of the molecule is C[C@H](OC(=O)c1cccnc1)C(=O)Nc1ccc(OC(F)(F)F)cc1. The Labute approximate surface area is 140 Å². The average Bonchev–Trinajstić information content (AvgIpc) is 2.56. The first-order chi connectivity index (χ1) is 11.7. The van der Waals surface area contributed by atoms with Crippen LogP contribution in [-0.4, -0.2) is 29.3 Å². The summed E-state index contributed by atoms with van der Waals surface area (Å²) >= 11 is 0. The summed E-state index contributed by atoms with van der Waals surface area (Å²) in [6.45, 7) is 1.37. The van der Waals surface area contributed by atoms with Crippen LogP contribution in [0.25, 0.3) is 0 Å². The molecule has 0 aliphatic rings. The molecule has 0 fully saturated rings. The molecular weight excluding hydrogens is 341 g/mol. The molecule has 1 amide bonds. The first kappa shape index (κ1) is 18.2. The molecule has 0 bridgehead atoms. The molecule has 132 valence electrons. The fourth-order valence-corrected chi connectivity index (χ4v) is 1.75. The third-order valence-electron chi connectivity index (χ3n) is 2.91. The Kier molecular flexibility index (Phi) is 5.58. The highest BCUT2D eigenvalue weighted by atomic mass is 19.4. The lowest BCUT2D eigenvalue weighted by Crippen LogP contribution is -2.30. The number of hydrogen-bond donors (Lipinski definition) is 1. The molecule has 9 heteroatoms. The minimum Gasteiger partial charge on any atom is -0.449 e. The summed E-state index contributed by atoms with van der Waals surface area (Å²) < 4.78 is 44.9. The van der Waals surface area contributed by atoms with Gasteiger partial charge in [-0.1, -0.05) is 0 Å². The molecule has 1 N–H and O–H groups in total. The van der Waals surface area contributed by atoms with E-state index in [-0.39, 0.29) is 11.3 Å². The first-order valence-electron chi connectivity index (χ1n) is 7.02. The number of halogens is 3. The molecule has 25 heavy (non-hydrogen) atoms. The molecule has 0 aliphatic carbocycles. The number of nitrogens with one attached hydrogen (secondary N) is 1. The van der Waals surface area contributed by atoms with Crippen molar-refractivity contribution in [3.05, 3.63) is 54.4 Å². The second-order valence-corrected chi connectivity index (χ2v) is 4.85. The Morgan fingerprint density at radius 3 is 2.40 bits per heavy atom. The number of ether oxygens (including phenoxy) is 2. The Hall–Kier alpha value is -3.10. The molecule has 0 saturated heterocycles. The van der Waals surface area contributed by atoms with E-state index < -0.39 is 30.1 Å². The molecule has 1 aromatic heterocycles. The molecular formula is C16H13F3N2O4. The lowest BCUT2D eigenvalue weighted by molar-refractivity contribution is -0.274. The van der Waals surface area contributed by atoms with Gasteiger partial charge in [-0.3, -0.25) is 9.78 Å². The highest BCUT2D eigenvalue weighted by Crippen LogP contribution is 2.24. The van der Waals surface area contributed by atoms with Crippen molar-refractivity contribution >= 4 is 17.6 Å². The second kappa shape index (κ2) is 7.65. The van der Waals surface area contributed by atoms with Gasteiger partial charge in [0.25, 0.3) is 5.91 Å². The third kappa shape index (κ3) is 5.79. The first-order valence-corrected chi connectivity index (χ1v) is 7.02. The van der Waals surface area contributed by atoms with Gasteiger partial charge >= 0.3 is 12.3 Å². The summed E-state index contributed by atoms with van der Waals surface area (Å²) in [7, 11) is 0. The van der Waals surface area contributed by atoms with Crippen molar-refractivity contribution in [2.45, 2.75) is 19.4 Å². The van der Waals surface area contributed by atoms with Crippen LogP contribution in [0, 0.1) is 0 Å². The molecule has 0 spiro atoms. The van der Waals surface area contributed by atoms with Gasteiger partial charge in [0.1, 0.15) is 5.75 Å². The predicted octanol–water partition coefficient (Wildman–Crippen LogP) is 3.16. The van der Waals surface area contributed by atoms with E-state index in [1.54, 1.807) is 6.07 Å². The minimum atomic E-state index is -4.79. The van der Waals surface area contributed by atoms with Crippen LogP contribution < -0.4 is 10.1 Å². The summed E-state index contributed by atoms with van der Waals surface area (Å²) in [4.78, 5) is 27.6. The van der Waals surface area contributed by atoms with Crippen molar-refractivity contribution in [2.75, 3.05) is 5.32 Å². The van der Waals surface area contributed by atoms with Gasteiger partial charge in [0.15, 0.2) is 6.10 Å². The van der Waals surface area contributed by atoms with Crippen LogP contribution in [0.3, 0.4) is 0 Å². The highest BCUT2D eigenvalue weighted by Gasteiger charge is 2.31. The Balaban J connectivity index is 1.91. The Bertz CT molecular complexity index is 733. The summed E-state index contributed by atoms with van der Waals surface area (Å²) in [5.74, 6) is -1.77. The van der Waals surface area contributed by atoms with E-state index in [0.717, 1.165) is 12.1 Å². The van der Waals surface area contributed by atoms with E-state index in [9.17, 15) is 22.8 Å². The molecule has 2 rings (SSSR count). The monoisotopic (exact) mass is 354 g/mol. The average molecular weight is 354 g/mol. The fourth-order valence-electron chi connectivity index (χ4n) is 1.75. The molecule has 0 aliphatic heterocycles. The molecule has 1 aromatic carbocycles. The number of pyridine rings is 1. The third-order valence-corrected chi connectivity index (χ3v) is 2.91. The number of anilines is 1. The van der Waals surface area contributed by atoms with E-state index in [0.29, 0.717) is 0 Å². The molecule has 6 nitrogen and oxygen atoms in total. The number of rotatable bonds is 5. The van der Waals surface area contributed by atoms with E-state index in [1.807, 2.05) is 0 Å². The zero-order valence-electron chi connectivity index (χ0n) is 12.9. The van der Waals surface area contributed by atoms with E-state index in [4.69, 9.17) is 4.74 Å². The van der Waals surface area contributed by atoms with Gasteiger partial charge in [-0.05, 0) is 43.3 Å². The standard InChI is InChI=1S/C16H13F3N2O4/c1-10(24-15(23)11-3-2-8-20-9-11)14(22)21-12-4-6-13(7-5-12)25-16(17,18)19/h2-10H,1H3,(H,21,22)/t10-/m0/s1. The van der Waals surface area contributed by atoms with Gasteiger partial charge in [-0.25, -0.2) is 4.79 Å². The number of alkyl halides is 3. The molecule has 2 aromatic rings. The van der Waals surface area contributed by atoms with Crippen LogP contribution in [0.1, 0.15) is 17.3 Å². The Morgan fingerprint density at radius 2 is 1.84 bits per heavy atom. The minimum absolute atomic E-state index is 0.191. The van der Waals surface area contributed by atoms with Crippen LogP contribution >= 0.6 is 0 Å². The van der Waals surface area contributed by atoms with Crippen LogP contribution in [-0.2, 0) is 9.53 Å². The predicted molar refractivity (Wildman–Crippen MR) is 80.9 cm³/mol. The van der Waals surface area contributed by atoms with Crippen LogP contribution in [0.15, 0.2) is 48.8 Å². The zero-order chi connectivity index (χ0) is 18.4. The normalized spacial score (nSPS) is 12.2. The number of amides is 1. The van der Waals surface area contributed by atoms with Gasteiger partial charge in [0, 0.05) is 18.1 Å². The number of aromatic nitrogens is 1. The van der Waals surface area contributed by atoms with Crippen LogP contribution in [0.5, 0.6) is 5.75 Å². The van der Waals surface area contributed by atoms with Gasteiger partial charge in [0.05, 0.1) is 5.56 Å². The van der Waals surface area contributed by atoms with Gasteiger partial charge in [-0.15, -0.1) is 13.2 Å². The fraction of sp³-hybridized carbons (Fsp3) is 0.188. The number of esters is 1. The van der Waals surface area contributed by atoms with Gasteiger partial charge in [0.2, 0.25) is 0 Å². The number of benzene rings is 1. The molecule has 0 saturated carbocycles. The van der Waals surface area contributed by atoms with Crippen LogP contribution in [0.2, 0.25) is 0 Å². The quantitative estimate of drug-likeness (QED) is 0.835. The molecule has 0 unspecified atom stereocenters. The number of carbonyl (C=O) groups excluding carboxylic acids is 2. The van der Waals surface area contributed by atoms with Crippen molar-refractivity contribution in [1.82, 2.24) is 4.98 Å².